The number of carbonyl (C=O) groups is 3. The van der Waals surface area contributed by atoms with Crippen LogP contribution in [0.4, 0.5) is 10.5 Å². The molecule has 1 aliphatic heterocycles. The Labute approximate surface area is 205 Å². The number of nitrogens with one attached hydrogen (secondary N) is 1. The van der Waals surface area contributed by atoms with Crippen LogP contribution in [0.15, 0.2) is 76.8 Å². The van der Waals surface area contributed by atoms with Crippen molar-refractivity contribution in [2.24, 2.45) is 0 Å². The summed E-state index contributed by atoms with van der Waals surface area (Å²) in [6.45, 7) is 2.14. The third kappa shape index (κ3) is 4.87. The van der Waals surface area contributed by atoms with Crippen LogP contribution in [0.5, 0.6) is 11.5 Å². The van der Waals surface area contributed by atoms with Gasteiger partial charge in [-0.25, -0.2) is 9.69 Å². The molecule has 1 saturated heterocycles. The Kier molecular flexibility index (Phi) is 6.79. The highest BCUT2D eigenvalue weighted by Gasteiger charge is 2.37. The van der Waals surface area contributed by atoms with Crippen LogP contribution in [0.3, 0.4) is 0 Å². The number of rotatable bonds is 6. The van der Waals surface area contributed by atoms with Crippen molar-refractivity contribution in [3.63, 3.8) is 0 Å². The minimum Gasteiger partial charge on any atom is -0.493 e. The first-order chi connectivity index (χ1) is 16.4. The predicted molar refractivity (Wildman–Crippen MR) is 132 cm³/mol. The fourth-order valence-electron chi connectivity index (χ4n) is 3.54. The van der Waals surface area contributed by atoms with Crippen molar-refractivity contribution < 1.29 is 23.9 Å². The van der Waals surface area contributed by atoms with E-state index in [-0.39, 0.29) is 5.57 Å². The van der Waals surface area contributed by atoms with Gasteiger partial charge >= 0.3 is 6.03 Å². The van der Waals surface area contributed by atoms with Gasteiger partial charge in [0.1, 0.15) is 12.2 Å². The maximum Gasteiger partial charge on any atom is 0.335 e. The van der Waals surface area contributed by atoms with E-state index in [4.69, 9.17) is 9.47 Å². The number of barbiturate groups is 1. The number of halogens is 1. The van der Waals surface area contributed by atoms with Crippen LogP contribution < -0.4 is 19.7 Å². The fraction of sp³-hybridized carbons (Fsp3) is 0.115. The van der Waals surface area contributed by atoms with Crippen LogP contribution >= 0.6 is 15.9 Å². The first kappa shape index (κ1) is 23.3. The summed E-state index contributed by atoms with van der Waals surface area (Å²) in [7, 11) is 1.51. The van der Waals surface area contributed by atoms with Gasteiger partial charge in [0, 0.05) is 4.47 Å². The van der Waals surface area contributed by atoms with Crippen molar-refractivity contribution in [1.29, 1.82) is 0 Å². The monoisotopic (exact) mass is 520 g/mol. The highest BCUT2D eigenvalue weighted by atomic mass is 79.9. The van der Waals surface area contributed by atoms with Crippen LogP contribution in [-0.4, -0.2) is 25.0 Å². The topological polar surface area (TPSA) is 84.9 Å². The summed E-state index contributed by atoms with van der Waals surface area (Å²) in [5, 5.41) is 2.24. The van der Waals surface area contributed by atoms with E-state index < -0.39 is 17.8 Å². The smallest absolute Gasteiger partial charge is 0.335 e. The average Bonchev–Trinajstić information content (AvgIpc) is 2.82. The lowest BCUT2D eigenvalue weighted by molar-refractivity contribution is -0.122. The van der Waals surface area contributed by atoms with Gasteiger partial charge in [0.2, 0.25) is 0 Å². The van der Waals surface area contributed by atoms with Gasteiger partial charge < -0.3 is 9.47 Å². The van der Waals surface area contributed by atoms with Gasteiger partial charge in [-0.15, -0.1) is 0 Å². The SMILES string of the molecule is COc1cc(C=C2C(=O)NC(=O)N(c3ccc(Br)cc3C)C2=O)ccc1OCc1ccccc1. The van der Waals surface area contributed by atoms with Gasteiger partial charge in [0.15, 0.2) is 11.5 Å². The highest BCUT2D eigenvalue weighted by molar-refractivity contribution is 9.10. The summed E-state index contributed by atoms with van der Waals surface area (Å²) >= 11 is 3.37. The molecular formula is C26H21BrN2O5. The molecule has 1 heterocycles. The summed E-state index contributed by atoms with van der Waals surface area (Å²) in [6, 6.07) is 19.2. The van der Waals surface area contributed by atoms with Gasteiger partial charge in [-0.1, -0.05) is 52.3 Å². The molecule has 3 aromatic carbocycles. The molecule has 0 radical (unpaired) electrons. The summed E-state index contributed by atoms with van der Waals surface area (Å²) < 4.78 is 12.1. The summed E-state index contributed by atoms with van der Waals surface area (Å²) in [4.78, 5) is 39.1. The third-order valence-corrected chi connectivity index (χ3v) is 5.73. The molecule has 1 N–H and O–H groups in total. The zero-order chi connectivity index (χ0) is 24.2. The molecule has 4 rings (SSSR count). The van der Waals surface area contributed by atoms with Gasteiger partial charge in [0.05, 0.1) is 12.8 Å². The number of amides is 4. The Morgan fingerprint density at radius 3 is 2.44 bits per heavy atom. The van der Waals surface area contributed by atoms with Crippen LogP contribution in [0.25, 0.3) is 6.08 Å². The molecule has 7 nitrogen and oxygen atoms in total. The molecule has 0 aromatic heterocycles. The summed E-state index contributed by atoms with van der Waals surface area (Å²) in [6.07, 6.45) is 1.43. The Balaban J connectivity index is 1.62. The molecule has 0 aliphatic carbocycles. The van der Waals surface area contributed by atoms with Crippen molar-refractivity contribution in [2.75, 3.05) is 12.0 Å². The van der Waals surface area contributed by atoms with Crippen molar-refractivity contribution in [3.05, 3.63) is 93.5 Å². The number of urea groups is 1. The summed E-state index contributed by atoms with van der Waals surface area (Å²) in [5.41, 5.74) is 2.49. The zero-order valence-electron chi connectivity index (χ0n) is 18.5. The van der Waals surface area contributed by atoms with Gasteiger partial charge in [-0.05, 0) is 60.0 Å². The Hall–Kier alpha value is -3.91. The van der Waals surface area contributed by atoms with E-state index in [0.717, 1.165) is 14.9 Å². The fourth-order valence-corrected chi connectivity index (χ4v) is 4.02. The molecule has 1 aliphatic rings. The molecule has 1 fully saturated rings. The number of hydrogen-bond acceptors (Lipinski definition) is 5. The number of aryl methyl sites for hydroxylation is 1. The minimum atomic E-state index is -0.792. The molecule has 172 valence electrons. The van der Waals surface area contributed by atoms with Gasteiger partial charge in [-0.3, -0.25) is 14.9 Å². The van der Waals surface area contributed by atoms with Gasteiger partial charge in [0.25, 0.3) is 11.8 Å². The lowest BCUT2D eigenvalue weighted by Crippen LogP contribution is -2.54. The van der Waals surface area contributed by atoms with Crippen LogP contribution in [0, 0.1) is 6.92 Å². The van der Waals surface area contributed by atoms with E-state index in [0.29, 0.717) is 34.9 Å². The first-order valence-electron chi connectivity index (χ1n) is 10.4. The molecule has 0 spiro atoms. The molecule has 34 heavy (non-hydrogen) atoms. The number of carbonyl (C=O) groups excluding carboxylic acids is 3. The maximum absolute atomic E-state index is 13.2. The standard InChI is InChI=1S/C26H21BrN2O5/c1-16-12-19(27)9-10-21(16)29-25(31)20(24(30)28-26(29)32)13-18-8-11-22(23(14-18)33-2)34-15-17-6-4-3-5-7-17/h3-14H,15H2,1-2H3,(H,28,30,32). The molecule has 0 saturated carbocycles. The lowest BCUT2D eigenvalue weighted by atomic mass is 10.1. The maximum atomic E-state index is 13.2. The second-order valence-electron chi connectivity index (χ2n) is 7.57. The zero-order valence-corrected chi connectivity index (χ0v) is 20.1. The lowest BCUT2D eigenvalue weighted by Gasteiger charge is -2.27. The second kappa shape index (κ2) is 9.93. The first-order valence-corrected chi connectivity index (χ1v) is 11.2. The number of methoxy groups -OCH3 is 1. The second-order valence-corrected chi connectivity index (χ2v) is 8.49. The van der Waals surface area contributed by atoms with E-state index in [9.17, 15) is 14.4 Å². The number of nitrogens with zero attached hydrogens (tertiary/aromatic N) is 1. The number of anilines is 1. The largest absolute Gasteiger partial charge is 0.493 e. The average molecular weight is 521 g/mol. The van der Waals surface area contributed by atoms with Crippen LogP contribution in [0.2, 0.25) is 0 Å². The minimum absolute atomic E-state index is 0.165. The Bertz CT molecular complexity index is 1300. The molecule has 0 bridgehead atoms. The van der Waals surface area contributed by atoms with Gasteiger partial charge in [-0.2, -0.15) is 0 Å². The molecule has 0 atom stereocenters. The summed E-state index contributed by atoms with van der Waals surface area (Å²) in [5.74, 6) is -0.493. The van der Waals surface area contributed by atoms with Crippen LogP contribution in [0.1, 0.15) is 16.7 Å². The van der Waals surface area contributed by atoms with E-state index in [1.54, 1.807) is 43.3 Å². The quantitative estimate of drug-likeness (QED) is 0.364. The number of imide groups is 2. The van der Waals surface area contributed by atoms with E-state index in [1.165, 1.54) is 13.2 Å². The van der Waals surface area contributed by atoms with E-state index >= 15 is 0 Å². The normalized spacial score (nSPS) is 14.9. The highest BCUT2D eigenvalue weighted by Crippen LogP contribution is 2.31. The molecule has 8 heteroatoms. The van der Waals surface area contributed by atoms with Crippen molar-refractivity contribution in [3.8, 4) is 11.5 Å². The number of benzene rings is 3. The molecular weight excluding hydrogens is 500 g/mol. The molecule has 0 unspecified atom stereocenters. The number of ether oxygens (including phenoxy) is 2. The van der Waals surface area contributed by atoms with Crippen LogP contribution in [-0.2, 0) is 16.2 Å². The van der Waals surface area contributed by atoms with Crippen molar-refractivity contribution in [1.82, 2.24) is 5.32 Å². The Morgan fingerprint density at radius 1 is 0.971 bits per heavy atom. The molecule has 3 aromatic rings. The third-order valence-electron chi connectivity index (χ3n) is 5.24. The number of hydrogen-bond donors (Lipinski definition) is 1. The van der Waals surface area contributed by atoms with Crippen molar-refractivity contribution >= 4 is 45.5 Å². The predicted octanol–water partition coefficient (Wildman–Crippen LogP) is 5.01. The molecule has 4 amide bonds. The van der Waals surface area contributed by atoms with Crippen molar-refractivity contribution in [2.45, 2.75) is 13.5 Å². The van der Waals surface area contributed by atoms with E-state index in [1.807, 2.05) is 30.3 Å². The van der Waals surface area contributed by atoms with E-state index in [2.05, 4.69) is 21.2 Å². The Morgan fingerprint density at radius 2 is 1.74 bits per heavy atom.